The lowest BCUT2D eigenvalue weighted by Crippen LogP contribution is -2.45. The second-order valence-electron chi connectivity index (χ2n) is 3.01. The Morgan fingerprint density at radius 1 is 1.57 bits per heavy atom. The standard InChI is InChI=1S/C7H14N2O4S/c1-8(14(11)12)6-7(10)9-2-4-13-5-3-9/h2-6H2,1H3,(H,11,12). The lowest BCUT2D eigenvalue weighted by atomic mass is 10.4. The predicted octanol–water partition coefficient (Wildman–Crippen LogP) is -1.09. The van der Waals surface area contributed by atoms with Crippen LogP contribution in [0.1, 0.15) is 0 Å². The molecule has 1 heterocycles. The van der Waals surface area contributed by atoms with E-state index < -0.39 is 11.3 Å². The molecule has 7 heteroatoms. The van der Waals surface area contributed by atoms with E-state index in [1.165, 1.54) is 7.05 Å². The van der Waals surface area contributed by atoms with Crippen LogP contribution in [0.4, 0.5) is 0 Å². The fourth-order valence-corrected chi connectivity index (χ4v) is 1.38. The van der Waals surface area contributed by atoms with E-state index in [9.17, 15) is 9.00 Å². The van der Waals surface area contributed by atoms with Gasteiger partial charge in [-0.25, -0.2) is 4.21 Å². The first-order chi connectivity index (χ1) is 6.61. The van der Waals surface area contributed by atoms with Gasteiger partial charge in [0.15, 0.2) is 0 Å². The predicted molar refractivity (Wildman–Crippen MR) is 50.8 cm³/mol. The van der Waals surface area contributed by atoms with Crippen LogP contribution in [0.2, 0.25) is 0 Å². The van der Waals surface area contributed by atoms with Crippen molar-refractivity contribution in [1.82, 2.24) is 9.21 Å². The van der Waals surface area contributed by atoms with Crippen molar-refractivity contribution in [1.29, 1.82) is 0 Å². The molecule has 1 amide bonds. The highest BCUT2D eigenvalue weighted by molar-refractivity contribution is 7.76. The van der Waals surface area contributed by atoms with Crippen molar-refractivity contribution < 1.29 is 18.3 Å². The number of hydrogen-bond donors (Lipinski definition) is 1. The van der Waals surface area contributed by atoms with Gasteiger partial charge in [-0.1, -0.05) is 0 Å². The molecular weight excluding hydrogens is 208 g/mol. The van der Waals surface area contributed by atoms with Gasteiger partial charge in [-0.2, -0.15) is 4.31 Å². The average Bonchev–Trinajstić information content (AvgIpc) is 2.19. The van der Waals surface area contributed by atoms with Crippen LogP contribution in [0.25, 0.3) is 0 Å². The molecule has 0 bridgehead atoms. The van der Waals surface area contributed by atoms with Crippen LogP contribution in [-0.2, 0) is 20.8 Å². The SMILES string of the molecule is CN(CC(=O)N1CCOCC1)S(=O)O. The zero-order chi connectivity index (χ0) is 10.6. The van der Waals surface area contributed by atoms with Crippen molar-refractivity contribution in [3.63, 3.8) is 0 Å². The fourth-order valence-electron chi connectivity index (χ4n) is 1.16. The molecule has 1 atom stereocenters. The maximum Gasteiger partial charge on any atom is 0.238 e. The molecular formula is C7H14N2O4S. The molecule has 1 N–H and O–H groups in total. The summed E-state index contributed by atoms with van der Waals surface area (Å²) in [6.07, 6.45) is 0. The molecule has 1 rings (SSSR count). The number of ether oxygens (including phenoxy) is 1. The maximum atomic E-state index is 11.5. The Labute approximate surface area is 85.2 Å². The van der Waals surface area contributed by atoms with Crippen LogP contribution in [0.15, 0.2) is 0 Å². The summed E-state index contributed by atoms with van der Waals surface area (Å²) in [7, 11) is 1.43. The van der Waals surface area contributed by atoms with Crippen molar-refractivity contribution in [2.75, 3.05) is 39.9 Å². The second-order valence-corrected chi connectivity index (χ2v) is 4.09. The topological polar surface area (TPSA) is 70.1 Å². The second kappa shape index (κ2) is 5.40. The molecule has 0 radical (unpaired) electrons. The lowest BCUT2D eigenvalue weighted by molar-refractivity contribution is -0.135. The summed E-state index contributed by atoms with van der Waals surface area (Å²) in [6.45, 7) is 2.16. The number of morpholine rings is 1. The first-order valence-electron chi connectivity index (χ1n) is 4.29. The van der Waals surface area contributed by atoms with Crippen LogP contribution in [-0.4, -0.2) is 63.8 Å². The molecule has 0 aromatic carbocycles. The number of hydrogen-bond acceptors (Lipinski definition) is 3. The Morgan fingerprint density at radius 3 is 2.64 bits per heavy atom. The van der Waals surface area contributed by atoms with Crippen molar-refractivity contribution >= 4 is 17.2 Å². The average molecular weight is 222 g/mol. The molecule has 1 unspecified atom stereocenters. The Morgan fingerprint density at radius 2 is 2.14 bits per heavy atom. The van der Waals surface area contributed by atoms with Crippen molar-refractivity contribution in [2.24, 2.45) is 0 Å². The molecule has 6 nitrogen and oxygen atoms in total. The minimum Gasteiger partial charge on any atom is -0.378 e. The van der Waals surface area contributed by atoms with Gasteiger partial charge in [0.2, 0.25) is 17.2 Å². The molecule has 0 aromatic rings. The Bertz CT molecular complexity index is 230. The highest BCUT2D eigenvalue weighted by Crippen LogP contribution is 1.99. The largest absolute Gasteiger partial charge is 0.378 e. The third-order valence-corrected chi connectivity index (χ3v) is 2.65. The molecule has 14 heavy (non-hydrogen) atoms. The van der Waals surface area contributed by atoms with E-state index in [1.807, 2.05) is 0 Å². The zero-order valence-electron chi connectivity index (χ0n) is 8.01. The normalized spacial score (nSPS) is 19.8. The van der Waals surface area contributed by atoms with Crippen LogP contribution in [0.3, 0.4) is 0 Å². The van der Waals surface area contributed by atoms with Gasteiger partial charge in [0.25, 0.3) is 0 Å². The molecule has 82 valence electrons. The van der Waals surface area contributed by atoms with Crippen LogP contribution in [0.5, 0.6) is 0 Å². The summed E-state index contributed by atoms with van der Waals surface area (Å²) in [5.41, 5.74) is 0. The Balaban J connectivity index is 2.36. The summed E-state index contributed by atoms with van der Waals surface area (Å²) < 4.78 is 25.4. The number of carbonyl (C=O) groups is 1. The van der Waals surface area contributed by atoms with E-state index in [1.54, 1.807) is 4.90 Å². The molecule has 0 spiro atoms. The molecule has 1 saturated heterocycles. The monoisotopic (exact) mass is 222 g/mol. The minimum atomic E-state index is -2.08. The summed E-state index contributed by atoms with van der Waals surface area (Å²) in [4.78, 5) is 13.1. The number of rotatable bonds is 3. The number of carbonyl (C=O) groups excluding carboxylic acids is 1. The summed E-state index contributed by atoms with van der Waals surface area (Å²) >= 11 is -2.08. The first kappa shape index (κ1) is 11.6. The highest BCUT2D eigenvalue weighted by atomic mass is 32.2. The third kappa shape index (κ3) is 3.33. The Kier molecular flexibility index (Phi) is 4.46. The van der Waals surface area contributed by atoms with E-state index in [0.717, 1.165) is 4.31 Å². The minimum absolute atomic E-state index is 0.0386. The Hall–Kier alpha value is -0.500. The zero-order valence-corrected chi connectivity index (χ0v) is 8.83. The maximum absolute atomic E-state index is 11.5. The highest BCUT2D eigenvalue weighted by Gasteiger charge is 2.19. The van der Waals surface area contributed by atoms with Gasteiger partial charge in [-0.05, 0) is 0 Å². The van der Waals surface area contributed by atoms with Gasteiger partial charge in [-0.3, -0.25) is 9.35 Å². The number of nitrogens with zero attached hydrogens (tertiary/aromatic N) is 2. The van der Waals surface area contributed by atoms with Gasteiger partial charge in [0.1, 0.15) is 0 Å². The molecule has 0 aliphatic carbocycles. The van der Waals surface area contributed by atoms with Crippen molar-refractivity contribution in [3.05, 3.63) is 0 Å². The van der Waals surface area contributed by atoms with Gasteiger partial charge in [0, 0.05) is 20.1 Å². The van der Waals surface area contributed by atoms with E-state index >= 15 is 0 Å². The van der Waals surface area contributed by atoms with Gasteiger partial charge in [-0.15, -0.1) is 0 Å². The summed E-state index contributed by atoms with van der Waals surface area (Å²) in [5, 5.41) is 0. The number of amides is 1. The lowest BCUT2D eigenvalue weighted by Gasteiger charge is -2.27. The molecule has 0 aromatic heterocycles. The third-order valence-electron chi connectivity index (χ3n) is 1.99. The van der Waals surface area contributed by atoms with E-state index in [4.69, 9.17) is 9.29 Å². The van der Waals surface area contributed by atoms with Gasteiger partial charge >= 0.3 is 0 Å². The quantitative estimate of drug-likeness (QED) is 0.616. The van der Waals surface area contributed by atoms with Crippen molar-refractivity contribution in [2.45, 2.75) is 0 Å². The summed E-state index contributed by atoms with van der Waals surface area (Å²) in [6, 6.07) is 0. The van der Waals surface area contributed by atoms with E-state index in [2.05, 4.69) is 0 Å². The summed E-state index contributed by atoms with van der Waals surface area (Å²) in [5.74, 6) is -0.141. The smallest absolute Gasteiger partial charge is 0.238 e. The van der Waals surface area contributed by atoms with E-state index in [0.29, 0.717) is 26.3 Å². The van der Waals surface area contributed by atoms with Gasteiger partial charge < -0.3 is 9.64 Å². The van der Waals surface area contributed by atoms with E-state index in [-0.39, 0.29) is 12.5 Å². The molecule has 1 fully saturated rings. The molecule has 0 saturated carbocycles. The fraction of sp³-hybridized carbons (Fsp3) is 0.857. The molecule has 1 aliphatic rings. The number of likely N-dealkylation sites (N-methyl/N-ethyl adjacent to an activating group) is 1. The van der Waals surface area contributed by atoms with Crippen LogP contribution >= 0.6 is 0 Å². The van der Waals surface area contributed by atoms with Gasteiger partial charge in [0.05, 0.1) is 19.8 Å². The molecule has 1 aliphatic heterocycles. The van der Waals surface area contributed by atoms with Crippen LogP contribution < -0.4 is 0 Å². The van der Waals surface area contributed by atoms with Crippen LogP contribution in [0, 0.1) is 0 Å². The van der Waals surface area contributed by atoms with Crippen molar-refractivity contribution in [3.8, 4) is 0 Å². The first-order valence-corrected chi connectivity index (χ1v) is 5.35.